The second kappa shape index (κ2) is 6.27. The first-order chi connectivity index (χ1) is 10.7. The largest absolute Gasteiger partial charge is 0.432 e. The summed E-state index contributed by atoms with van der Waals surface area (Å²) in [7, 11) is 0. The van der Waals surface area contributed by atoms with Gasteiger partial charge in [0, 0.05) is 6.20 Å². The third-order valence-electron chi connectivity index (χ3n) is 2.95. The Hall–Kier alpha value is -2.58. The van der Waals surface area contributed by atoms with Gasteiger partial charge in [0.2, 0.25) is 0 Å². The van der Waals surface area contributed by atoms with Crippen molar-refractivity contribution in [2.24, 2.45) is 0 Å². The van der Waals surface area contributed by atoms with Crippen molar-refractivity contribution in [1.82, 2.24) is 9.55 Å². The molecule has 0 aliphatic rings. The Balaban J connectivity index is 2.22. The van der Waals surface area contributed by atoms with E-state index in [2.05, 4.69) is 10.3 Å². The third-order valence-corrected chi connectivity index (χ3v) is 2.95. The molecule has 23 heavy (non-hydrogen) atoms. The maximum absolute atomic E-state index is 12.4. The SMILES string of the molecule is CC(C)c1coc(NC(=O)c2cccn(CC(F)(F)F)c2=O)n1. The number of alkyl halides is 3. The predicted octanol–water partition coefficient (Wildman–Crippen LogP) is 2.77. The second-order valence-corrected chi connectivity index (χ2v) is 5.16. The number of oxazole rings is 1. The molecule has 1 amide bonds. The van der Waals surface area contributed by atoms with Crippen LogP contribution in [0.5, 0.6) is 0 Å². The zero-order chi connectivity index (χ0) is 17.2. The maximum atomic E-state index is 12.4. The van der Waals surface area contributed by atoms with Crippen molar-refractivity contribution in [3.63, 3.8) is 0 Å². The van der Waals surface area contributed by atoms with Crippen LogP contribution in [0.15, 0.2) is 33.8 Å². The average Bonchev–Trinajstić information content (AvgIpc) is 2.88. The summed E-state index contributed by atoms with van der Waals surface area (Å²) in [6.45, 7) is 2.27. The number of pyridine rings is 1. The molecule has 0 radical (unpaired) electrons. The first-order valence-corrected chi connectivity index (χ1v) is 6.70. The number of carbonyl (C=O) groups is 1. The Bertz CT molecular complexity index is 762. The van der Waals surface area contributed by atoms with Crippen molar-refractivity contribution in [2.45, 2.75) is 32.5 Å². The van der Waals surface area contributed by atoms with E-state index in [1.54, 1.807) is 0 Å². The fraction of sp³-hybridized carbons (Fsp3) is 0.357. The third kappa shape index (κ3) is 4.21. The van der Waals surface area contributed by atoms with Gasteiger partial charge in [-0.1, -0.05) is 13.8 Å². The van der Waals surface area contributed by atoms with Crippen LogP contribution in [0.3, 0.4) is 0 Å². The molecular weight excluding hydrogens is 315 g/mol. The summed E-state index contributed by atoms with van der Waals surface area (Å²) < 4.78 is 42.6. The van der Waals surface area contributed by atoms with E-state index < -0.39 is 29.8 Å². The van der Waals surface area contributed by atoms with Crippen LogP contribution in [0.2, 0.25) is 0 Å². The molecule has 0 aromatic carbocycles. The van der Waals surface area contributed by atoms with Crippen LogP contribution in [-0.2, 0) is 6.54 Å². The highest BCUT2D eigenvalue weighted by Gasteiger charge is 2.29. The lowest BCUT2D eigenvalue weighted by atomic mass is 10.2. The Morgan fingerprint density at radius 3 is 2.70 bits per heavy atom. The summed E-state index contributed by atoms with van der Waals surface area (Å²) >= 11 is 0. The number of hydrogen-bond donors (Lipinski definition) is 1. The smallest absolute Gasteiger partial charge is 0.406 e. The fourth-order valence-corrected chi connectivity index (χ4v) is 1.80. The zero-order valence-corrected chi connectivity index (χ0v) is 12.3. The lowest BCUT2D eigenvalue weighted by Crippen LogP contribution is -2.32. The van der Waals surface area contributed by atoms with E-state index in [9.17, 15) is 22.8 Å². The van der Waals surface area contributed by atoms with Gasteiger partial charge in [0.25, 0.3) is 11.5 Å². The molecular formula is C14H14F3N3O3. The van der Waals surface area contributed by atoms with Crippen molar-refractivity contribution in [1.29, 1.82) is 0 Å². The van der Waals surface area contributed by atoms with Crippen LogP contribution in [0.4, 0.5) is 19.2 Å². The van der Waals surface area contributed by atoms with E-state index in [1.807, 2.05) is 13.8 Å². The van der Waals surface area contributed by atoms with Crippen molar-refractivity contribution in [3.8, 4) is 0 Å². The molecule has 2 heterocycles. The number of rotatable bonds is 4. The van der Waals surface area contributed by atoms with Crippen LogP contribution in [-0.4, -0.2) is 21.6 Å². The number of amides is 1. The molecule has 0 unspecified atom stereocenters. The Morgan fingerprint density at radius 1 is 1.43 bits per heavy atom. The van der Waals surface area contributed by atoms with Crippen LogP contribution >= 0.6 is 0 Å². The molecule has 0 spiro atoms. The van der Waals surface area contributed by atoms with Gasteiger partial charge in [0.15, 0.2) is 0 Å². The Labute approximate surface area is 128 Å². The molecule has 1 N–H and O–H groups in total. The molecule has 0 fully saturated rings. The lowest BCUT2D eigenvalue weighted by Gasteiger charge is -2.10. The highest BCUT2D eigenvalue weighted by Crippen LogP contribution is 2.17. The minimum absolute atomic E-state index is 0.0742. The van der Waals surface area contributed by atoms with E-state index in [1.165, 1.54) is 12.3 Å². The quantitative estimate of drug-likeness (QED) is 0.936. The minimum atomic E-state index is -4.56. The highest BCUT2D eigenvalue weighted by molar-refractivity contribution is 6.02. The molecule has 2 aromatic heterocycles. The number of nitrogens with zero attached hydrogens (tertiary/aromatic N) is 2. The van der Waals surface area contributed by atoms with Crippen molar-refractivity contribution in [2.75, 3.05) is 5.32 Å². The molecule has 0 aliphatic carbocycles. The first-order valence-electron chi connectivity index (χ1n) is 6.70. The summed E-state index contributed by atoms with van der Waals surface area (Å²) in [4.78, 5) is 28.0. The van der Waals surface area contributed by atoms with E-state index in [-0.39, 0.29) is 11.9 Å². The monoisotopic (exact) mass is 329 g/mol. The first kappa shape index (κ1) is 16.8. The summed E-state index contributed by atoms with van der Waals surface area (Å²) in [5.41, 5.74) is -0.873. The van der Waals surface area contributed by atoms with Crippen LogP contribution in [0.25, 0.3) is 0 Å². The normalized spacial score (nSPS) is 11.7. The van der Waals surface area contributed by atoms with E-state index >= 15 is 0 Å². The maximum Gasteiger partial charge on any atom is 0.406 e. The highest BCUT2D eigenvalue weighted by atomic mass is 19.4. The average molecular weight is 329 g/mol. The standard InChI is InChI=1S/C14H14F3N3O3/c1-8(2)10-6-23-13(18-10)19-11(21)9-4-3-5-20(12(9)22)7-14(15,16)17/h3-6,8H,7H2,1-2H3,(H,18,19,21). The molecule has 6 nitrogen and oxygen atoms in total. The zero-order valence-electron chi connectivity index (χ0n) is 12.3. The van der Waals surface area contributed by atoms with Gasteiger partial charge in [-0.05, 0) is 18.1 Å². The molecule has 124 valence electrons. The van der Waals surface area contributed by atoms with Crippen LogP contribution in [0.1, 0.15) is 35.8 Å². The van der Waals surface area contributed by atoms with E-state index in [4.69, 9.17) is 4.42 Å². The molecule has 9 heteroatoms. The summed E-state index contributed by atoms with van der Waals surface area (Å²) in [5.74, 6) is -0.811. The van der Waals surface area contributed by atoms with Crippen LogP contribution in [0, 0.1) is 0 Å². The predicted molar refractivity (Wildman–Crippen MR) is 75.3 cm³/mol. The number of carbonyl (C=O) groups excluding carboxylic acids is 1. The van der Waals surface area contributed by atoms with Crippen molar-refractivity contribution >= 4 is 11.9 Å². The number of nitrogens with one attached hydrogen (secondary N) is 1. The van der Waals surface area contributed by atoms with Gasteiger partial charge < -0.3 is 8.98 Å². The number of hydrogen-bond acceptors (Lipinski definition) is 4. The number of aromatic nitrogens is 2. The Kier molecular flexibility index (Phi) is 4.57. The summed E-state index contributed by atoms with van der Waals surface area (Å²) in [6.07, 6.45) is -2.24. The molecule has 0 aliphatic heterocycles. The summed E-state index contributed by atoms with van der Waals surface area (Å²) in [6, 6.07) is 2.21. The molecule has 0 atom stereocenters. The second-order valence-electron chi connectivity index (χ2n) is 5.16. The number of halogens is 3. The summed E-state index contributed by atoms with van der Waals surface area (Å²) in [5, 5.41) is 2.25. The van der Waals surface area contributed by atoms with Gasteiger partial charge in [-0.25, -0.2) is 0 Å². The van der Waals surface area contributed by atoms with Gasteiger partial charge in [-0.2, -0.15) is 18.2 Å². The van der Waals surface area contributed by atoms with Gasteiger partial charge in [-0.3, -0.25) is 14.9 Å². The molecule has 2 rings (SSSR count). The van der Waals surface area contributed by atoms with Gasteiger partial charge in [0.05, 0.1) is 5.69 Å². The molecule has 2 aromatic rings. The minimum Gasteiger partial charge on any atom is -0.432 e. The fourth-order valence-electron chi connectivity index (χ4n) is 1.80. The molecule has 0 saturated carbocycles. The van der Waals surface area contributed by atoms with E-state index in [0.29, 0.717) is 10.3 Å². The lowest BCUT2D eigenvalue weighted by molar-refractivity contribution is -0.141. The van der Waals surface area contributed by atoms with E-state index in [0.717, 1.165) is 12.3 Å². The Morgan fingerprint density at radius 2 is 2.13 bits per heavy atom. The topological polar surface area (TPSA) is 77.1 Å². The van der Waals surface area contributed by atoms with Crippen LogP contribution < -0.4 is 10.9 Å². The van der Waals surface area contributed by atoms with Crippen molar-refractivity contribution in [3.05, 3.63) is 46.2 Å². The van der Waals surface area contributed by atoms with Gasteiger partial charge in [0.1, 0.15) is 18.4 Å². The van der Waals surface area contributed by atoms with Crippen molar-refractivity contribution < 1.29 is 22.4 Å². The molecule has 0 bridgehead atoms. The molecule has 0 saturated heterocycles. The van der Waals surface area contributed by atoms with Gasteiger partial charge >= 0.3 is 12.2 Å². The van der Waals surface area contributed by atoms with Gasteiger partial charge in [-0.15, -0.1) is 0 Å². The number of anilines is 1.